The standard InChI is InChI=1S/C25H34N2O6/c1-6-7-14-31-21-20(28)13-15-32-22(21)23(29)27(5)17-19(16-18-11-9-8-10-12-18)26-24(30)33-25(2,3)4/h8-13,15,19H,6-7,14,16-17H2,1-5H3,(H,26,30)/t19-/m0/s1. The van der Waals surface area contributed by atoms with Crippen molar-refractivity contribution in [1.29, 1.82) is 0 Å². The molecule has 2 amide bonds. The summed E-state index contributed by atoms with van der Waals surface area (Å²) in [5.74, 6) is -0.761. The summed E-state index contributed by atoms with van der Waals surface area (Å²) in [5, 5.41) is 2.85. The number of carbonyl (C=O) groups excluding carboxylic acids is 2. The third-order valence-corrected chi connectivity index (χ3v) is 4.66. The number of amides is 2. The third-order valence-electron chi connectivity index (χ3n) is 4.66. The van der Waals surface area contributed by atoms with Crippen LogP contribution in [0.5, 0.6) is 5.75 Å². The number of unbranched alkanes of at least 4 members (excludes halogenated alkanes) is 1. The highest BCUT2D eigenvalue weighted by Gasteiger charge is 2.26. The molecule has 0 bridgehead atoms. The summed E-state index contributed by atoms with van der Waals surface area (Å²) >= 11 is 0. The van der Waals surface area contributed by atoms with Gasteiger partial charge in [-0.25, -0.2) is 4.79 Å². The first-order valence-corrected chi connectivity index (χ1v) is 11.1. The number of hydrogen-bond acceptors (Lipinski definition) is 6. The second kappa shape index (κ2) is 12.1. The average molecular weight is 459 g/mol. The van der Waals surface area contributed by atoms with E-state index in [1.165, 1.54) is 17.2 Å². The van der Waals surface area contributed by atoms with Crippen molar-refractivity contribution in [3.8, 4) is 5.75 Å². The minimum Gasteiger partial charge on any atom is -0.486 e. The van der Waals surface area contributed by atoms with E-state index in [4.69, 9.17) is 13.9 Å². The molecule has 0 aliphatic heterocycles. The Morgan fingerprint density at radius 1 is 1.15 bits per heavy atom. The second-order valence-corrected chi connectivity index (χ2v) is 8.86. The van der Waals surface area contributed by atoms with Gasteiger partial charge in [0.1, 0.15) is 5.60 Å². The predicted octanol–water partition coefficient (Wildman–Crippen LogP) is 4.03. The van der Waals surface area contributed by atoms with E-state index in [9.17, 15) is 14.4 Å². The number of carbonyl (C=O) groups is 2. The molecule has 1 N–H and O–H groups in total. The number of alkyl carbamates (subject to hydrolysis) is 1. The van der Waals surface area contributed by atoms with Gasteiger partial charge < -0.3 is 24.1 Å². The lowest BCUT2D eigenvalue weighted by Gasteiger charge is -2.27. The van der Waals surface area contributed by atoms with Crippen LogP contribution in [0.25, 0.3) is 0 Å². The zero-order chi connectivity index (χ0) is 24.4. The Kier molecular flexibility index (Phi) is 9.51. The molecule has 0 saturated heterocycles. The van der Waals surface area contributed by atoms with E-state index in [-0.39, 0.29) is 18.1 Å². The van der Waals surface area contributed by atoms with Gasteiger partial charge in [-0.3, -0.25) is 9.59 Å². The van der Waals surface area contributed by atoms with Crippen molar-refractivity contribution in [2.75, 3.05) is 20.2 Å². The summed E-state index contributed by atoms with van der Waals surface area (Å²) in [6, 6.07) is 10.4. The van der Waals surface area contributed by atoms with Crippen LogP contribution in [0.4, 0.5) is 4.79 Å². The van der Waals surface area contributed by atoms with E-state index in [0.29, 0.717) is 13.0 Å². The molecule has 1 atom stereocenters. The summed E-state index contributed by atoms with van der Waals surface area (Å²) < 4.78 is 16.3. The van der Waals surface area contributed by atoms with Crippen LogP contribution in [0.2, 0.25) is 0 Å². The van der Waals surface area contributed by atoms with Crippen molar-refractivity contribution in [1.82, 2.24) is 10.2 Å². The number of ether oxygens (including phenoxy) is 2. The molecule has 1 heterocycles. The van der Waals surface area contributed by atoms with Crippen molar-refractivity contribution in [3.05, 3.63) is 64.2 Å². The van der Waals surface area contributed by atoms with Crippen molar-refractivity contribution in [2.24, 2.45) is 0 Å². The van der Waals surface area contributed by atoms with Crippen LogP contribution in [-0.2, 0) is 11.2 Å². The molecular weight excluding hydrogens is 424 g/mol. The molecule has 1 aromatic heterocycles. The quantitative estimate of drug-likeness (QED) is 0.540. The fraction of sp³-hybridized carbons (Fsp3) is 0.480. The van der Waals surface area contributed by atoms with Gasteiger partial charge >= 0.3 is 6.09 Å². The normalized spacial score (nSPS) is 12.0. The van der Waals surface area contributed by atoms with Gasteiger partial charge in [0.05, 0.1) is 18.9 Å². The Labute approximate surface area is 194 Å². The van der Waals surface area contributed by atoms with E-state index in [1.807, 2.05) is 37.3 Å². The molecule has 0 saturated carbocycles. The molecule has 0 radical (unpaired) electrons. The third kappa shape index (κ3) is 8.63. The smallest absolute Gasteiger partial charge is 0.407 e. The molecule has 0 fully saturated rings. The fourth-order valence-electron chi connectivity index (χ4n) is 3.13. The maximum Gasteiger partial charge on any atom is 0.407 e. The first-order valence-electron chi connectivity index (χ1n) is 11.1. The molecule has 180 valence electrons. The number of hydrogen-bond donors (Lipinski definition) is 1. The molecule has 0 spiro atoms. The largest absolute Gasteiger partial charge is 0.486 e. The van der Waals surface area contributed by atoms with Crippen LogP contribution in [0.3, 0.4) is 0 Å². The fourth-order valence-corrected chi connectivity index (χ4v) is 3.13. The number of benzene rings is 1. The lowest BCUT2D eigenvalue weighted by atomic mass is 10.1. The zero-order valence-electron chi connectivity index (χ0n) is 20.1. The Morgan fingerprint density at radius 3 is 2.48 bits per heavy atom. The molecule has 33 heavy (non-hydrogen) atoms. The van der Waals surface area contributed by atoms with E-state index in [1.54, 1.807) is 27.8 Å². The van der Waals surface area contributed by atoms with Crippen molar-refractivity contribution in [3.63, 3.8) is 0 Å². The van der Waals surface area contributed by atoms with Crippen molar-refractivity contribution >= 4 is 12.0 Å². The lowest BCUT2D eigenvalue weighted by molar-refractivity contribution is 0.0483. The maximum absolute atomic E-state index is 13.1. The Morgan fingerprint density at radius 2 is 1.85 bits per heavy atom. The summed E-state index contributed by atoms with van der Waals surface area (Å²) in [4.78, 5) is 39.2. The van der Waals surface area contributed by atoms with Gasteiger partial charge in [0.2, 0.25) is 16.9 Å². The molecule has 2 aromatic rings. The van der Waals surface area contributed by atoms with E-state index >= 15 is 0 Å². The highest BCUT2D eigenvalue weighted by atomic mass is 16.6. The molecule has 0 aliphatic carbocycles. The van der Waals surface area contributed by atoms with Gasteiger partial charge in [0.15, 0.2) is 0 Å². The first-order chi connectivity index (χ1) is 15.6. The maximum atomic E-state index is 13.1. The summed E-state index contributed by atoms with van der Waals surface area (Å²) in [6.07, 6.45) is 2.72. The van der Waals surface area contributed by atoms with Crippen molar-refractivity contribution in [2.45, 2.75) is 58.6 Å². The lowest BCUT2D eigenvalue weighted by Crippen LogP contribution is -2.47. The summed E-state index contributed by atoms with van der Waals surface area (Å²) in [6.45, 7) is 7.83. The molecule has 0 aliphatic rings. The van der Waals surface area contributed by atoms with Gasteiger partial charge in [0.25, 0.3) is 5.91 Å². The monoisotopic (exact) mass is 458 g/mol. The number of rotatable bonds is 10. The second-order valence-electron chi connectivity index (χ2n) is 8.86. The van der Waals surface area contributed by atoms with Crippen LogP contribution in [-0.4, -0.2) is 48.7 Å². The van der Waals surface area contributed by atoms with Crippen LogP contribution < -0.4 is 15.5 Å². The number of likely N-dealkylation sites (N-methyl/N-ethyl adjacent to an activating group) is 1. The van der Waals surface area contributed by atoms with Crippen LogP contribution >= 0.6 is 0 Å². The number of nitrogens with one attached hydrogen (secondary N) is 1. The highest BCUT2D eigenvalue weighted by Crippen LogP contribution is 2.17. The Balaban J connectivity index is 2.19. The Hall–Kier alpha value is -3.29. The molecular formula is C25H34N2O6. The van der Waals surface area contributed by atoms with E-state index < -0.39 is 29.1 Å². The average Bonchev–Trinajstić information content (AvgIpc) is 2.73. The predicted molar refractivity (Wildman–Crippen MR) is 126 cm³/mol. The SMILES string of the molecule is CCCCOc1c(C(=O)N(C)C[C@H](Cc2ccccc2)NC(=O)OC(C)(C)C)occc1=O. The zero-order valence-corrected chi connectivity index (χ0v) is 20.1. The number of nitrogens with zero attached hydrogens (tertiary/aromatic N) is 1. The highest BCUT2D eigenvalue weighted by molar-refractivity contribution is 5.93. The minimum atomic E-state index is -0.652. The van der Waals surface area contributed by atoms with Gasteiger partial charge in [-0.05, 0) is 39.2 Å². The molecule has 0 unspecified atom stereocenters. The first kappa shape index (κ1) is 26.0. The molecule has 8 heteroatoms. The van der Waals surface area contributed by atoms with Crippen LogP contribution in [0.1, 0.15) is 56.7 Å². The van der Waals surface area contributed by atoms with E-state index in [0.717, 1.165) is 18.4 Å². The Bertz CT molecular complexity index is 965. The van der Waals surface area contributed by atoms with Crippen molar-refractivity contribution < 1.29 is 23.5 Å². The summed E-state index contributed by atoms with van der Waals surface area (Å²) in [5.41, 5.74) is -0.0718. The topological polar surface area (TPSA) is 98.1 Å². The van der Waals surface area contributed by atoms with Crippen LogP contribution in [0, 0.1) is 0 Å². The minimum absolute atomic E-state index is 0.0949. The molecule has 2 rings (SSSR count). The summed E-state index contributed by atoms with van der Waals surface area (Å²) in [7, 11) is 1.58. The van der Waals surface area contributed by atoms with Gasteiger partial charge in [0, 0.05) is 19.7 Å². The van der Waals surface area contributed by atoms with E-state index in [2.05, 4.69) is 5.32 Å². The molecule has 8 nitrogen and oxygen atoms in total. The van der Waals surface area contributed by atoms with Gasteiger partial charge in [-0.2, -0.15) is 0 Å². The van der Waals surface area contributed by atoms with Crippen LogP contribution in [0.15, 0.2) is 51.9 Å². The van der Waals surface area contributed by atoms with Gasteiger partial charge in [-0.1, -0.05) is 43.7 Å². The molecule has 1 aromatic carbocycles. The van der Waals surface area contributed by atoms with Gasteiger partial charge in [-0.15, -0.1) is 0 Å².